The molecule has 1 saturated heterocycles. The van der Waals surface area contributed by atoms with Gasteiger partial charge in [-0.3, -0.25) is 4.79 Å². The van der Waals surface area contributed by atoms with Crippen molar-refractivity contribution in [2.45, 2.75) is 24.7 Å². The lowest BCUT2D eigenvalue weighted by molar-refractivity contribution is -0.121. The molecule has 1 spiro atoms. The lowest BCUT2D eigenvalue weighted by Crippen LogP contribution is -2.49. The molecule has 124 valence electrons. The molecule has 23 heavy (non-hydrogen) atoms. The number of hydrogen-bond acceptors (Lipinski definition) is 4. The van der Waals surface area contributed by atoms with Crippen LogP contribution in [0, 0.1) is 5.92 Å². The maximum absolute atomic E-state index is 12.5. The number of carbonyl (C=O) groups excluding carboxylic acids is 1. The van der Waals surface area contributed by atoms with Crippen LogP contribution in [0.2, 0.25) is 0 Å². The molecule has 1 aliphatic heterocycles. The summed E-state index contributed by atoms with van der Waals surface area (Å²) < 4.78 is 33.3. The Kier molecular flexibility index (Phi) is 3.48. The molecule has 6 nitrogen and oxygen atoms in total. The van der Waals surface area contributed by atoms with Crippen LogP contribution in [0.5, 0.6) is 0 Å². The van der Waals surface area contributed by atoms with E-state index in [4.69, 9.17) is 4.74 Å². The van der Waals surface area contributed by atoms with Gasteiger partial charge >= 0.3 is 10.2 Å². The molecule has 1 heterocycles. The van der Waals surface area contributed by atoms with Gasteiger partial charge in [-0.15, -0.1) is 0 Å². The molecule has 2 atom stereocenters. The maximum Gasteiger partial charge on any atom is 0.303 e. The lowest BCUT2D eigenvalue weighted by atomic mass is 9.95. The molecule has 0 aromatic heterocycles. The molecule has 1 aromatic carbocycles. The van der Waals surface area contributed by atoms with Gasteiger partial charge in [0.05, 0.1) is 13.2 Å². The minimum atomic E-state index is -3.76. The minimum absolute atomic E-state index is 0.138. The summed E-state index contributed by atoms with van der Waals surface area (Å²) in [6.45, 7) is 1.33. The highest BCUT2D eigenvalue weighted by Crippen LogP contribution is 2.61. The average Bonchev–Trinajstić information content (AvgIpc) is 3.18. The van der Waals surface area contributed by atoms with E-state index < -0.39 is 10.2 Å². The summed E-state index contributed by atoms with van der Waals surface area (Å²) in [5.41, 5.74) is 2.38. The van der Waals surface area contributed by atoms with E-state index in [1.165, 1.54) is 15.4 Å². The minimum Gasteiger partial charge on any atom is -0.379 e. The van der Waals surface area contributed by atoms with Crippen LogP contribution in [0.25, 0.3) is 0 Å². The van der Waals surface area contributed by atoms with Gasteiger partial charge in [-0.05, 0) is 30.4 Å². The Morgan fingerprint density at radius 1 is 1.26 bits per heavy atom. The van der Waals surface area contributed by atoms with Crippen LogP contribution in [0.15, 0.2) is 24.3 Å². The lowest BCUT2D eigenvalue weighted by Gasteiger charge is -2.26. The first kappa shape index (κ1) is 15.1. The van der Waals surface area contributed by atoms with Crippen molar-refractivity contribution in [2.75, 3.05) is 26.3 Å². The van der Waals surface area contributed by atoms with E-state index in [1.54, 1.807) is 0 Å². The van der Waals surface area contributed by atoms with Crippen LogP contribution in [0.3, 0.4) is 0 Å². The molecular weight excluding hydrogens is 316 g/mol. The number of fused-ring (bicyclic) bond motifs is 2. The molecule has 1 N–H and O–H groups in total. The molecule has 1 aromatic rings. The highest BCUT2D eigenvalue weighted by molar-refractivity contribution is 7.87. The number of amides is 1. The van der Waals surface area contributed by atoms with Gasteiger partial charge in [0.1, 0.15) is 0 Å². The van der Waals surface area contributed by atoms with Crippen molar-refractivity contribution in [1.82, 2.24) is 9.03 Å². The number of ether oxygens (including phenoxy) is 1. The molecule has 1 amide bonds. The quantitative estimate of drug-likeness (QED) is 0.876. The van der Waals surface area contributed by atoms with E-state index in [-0.39, 0.29) is 17.2 Å². The zero-order valence-electron chi connectivity index (χ0n) is 12.8. The Balaban J connectivity index is 1.48. The standard InChI is InChI=1S/C16H20N2O4S/c19-15(17-23(20,21)18-7-9-22-10-8-18)14-11-16(14)6-5-12-3-1-2-4-13(12)16/h1-4,14H,5-11H2,(H,17,19). The van der Waals surface area contributed by atoms with Gasteiger partial charge < -0.3 is 4.74 Å². The summed E-state index contributed by atoms with van der Waals surface area (Å²) in [6, 6.07) is 8.18. The summed E-state index contributed by atoms with van der Waals surface area (Å²) in [6.07, 6.45) is 2.65. The van der Waals surface area contributed by atoms with Gasteiger partial charge in [-0.25, -0.2) is 4.72 Å². The van der Waals surface area contributed by atoms with E-state index in [0.717, 1.165) is 19.3 Å². The van der Waals surface area contributed by atoms with Gasteiger partial charge in [0.15, 0.2) is 0 Å². The molecule has 1 saturated carbocycles. The number of aryl methyl sites for hydroxylation is 1. The number of nitrogens with one attached hydrogen (secondary N) is 1. The van der Waals surface area contributed by atoms with Gasteiger partial charge in [0.25, 0.3) is 0 Å². The highest BCUT2D eigenvalue weighted by Gasteiger charge is 2.61. The number of nitrogens with zero attached hydrogens (tertiary/aromatic N) is 1. The average molecular weight is 336 g/mol. The van der Waals surface area contributed by atoms with E-state index in [1.807, 2.05) is 12.1 Å². The molecule has 2 unspecified atom stereocenters. The van der Waals surface area contributed by atoms with Crippen LogP contribution < -0.4 is 4.72 Å². The van der Waals surface area contributed by atoms with Gasteiger partial charge in [0.2, 0.25) is 5.91 Å². The Hall–Kier alpha value is -1.44. The first-order chi connectivity index (χ1) is 11.0. The summed E-state index contributed by atoms with van der Waals surface area (Å²) >= 11 is 0. The van der Waals surface area contributed by atoms with Crippen LogP contribution in [-0.2, 0) is 31.6 Å². The van der Waals surface area contributed by atoms with Crippen LogP contribution in [-0.4, -0.2) is 44.9 Å². The summed E-state index contributed by atoms with van der Waals surface area (Å²) in [5.74, 6) is -0.602. The van der Waals surface area contributed by atoms with Crippen molar-refractivity contribution in [3.63, 3.8) is 0 Å². The summed E-state index contributed by atoms with van der Waals surface area (Å²) in [4.78, 5) is 12.5. The van der Waals surface area contributed by atoms with Gasteiger partial charge in [-0.1, -0.05) is 24.3 Å². The number of benzene rings is 1. The second-order valence-corrected chi connectivity index (χ2v) is 8.22. The molecule has 2 aliphatic carbocycles. The maximum atomic E-state index is 12.5. The number of carbonyl (C=O) groups is 1. The largest absolute Gasteiger partial charge is 0.379 e. The van der Waals surface area contributed by atoms with Crippen LogP contribution >= 0.6 is 0 Å². The third-order valence-corrected chi connectivity index (χ3v) is 6.83. The van der Waals surface area contributed by atoms with E-state index in [0.29, 0.717) is 26.3 Å². The predicted molar refractivity (Wildman–Crippen MR) is 84.0 cm³/mol. The molecule has 0 radical (unpaired) electrons. The zero-order valence-corrected chi connectivity index (χ0v) is 13.6. The number of morpholine rings is 1. The zero-order chi connectivity index (χ0) is 16.1. The van der Waals surface area contributed by atoms with Crippen molar-refractivity contribution in [2.24, 2.45) is 5.92 Å². The Labute approximate surface area is 136 Å². The van der Waals surface area contributed by atoms with Crippen molar-refractivity contribution in [3.05, 3.63) is 35.4 Å². The van der Waals surface area contributed by atoms with Crippen molar-refractivity contribution < 1.29 is 17.9 Å². The summed E-state index contributed by atoms with van der Waals surface area (Å²) in [7, 11) is -3.76. The molecule has 0 bridgehead atoms. The second-order valence-electron chi connectivity index (χ2n) is 6.55. The predicted octanol–water partition coefficient (Wildman–Crippen LogP) is 0.584. The fraction of sp³-hybridized carbons (Fsp3) is 0.562. The highest BCUT2D eigenvalue weighted by atomic mass is 32.2. The SMILES string of the molecule is O=C(NS(=O)(=O)N1CCOCC1)C1CC12CCc1ccccc12. The Bertz CT molecular complexity index is 742. The third kappa shape index (κ3) is 2.47. The van der Waals surface area contributed by atoms with E-state index >= 15 is 0 Å². The van der Waals surface area contributed by atoms with Crippen LogP contribution in [0.1, 0.15) is 24.0 Å². The van der Waals surface area contributed by atoms with Crippen molar-refractivity contribution in [3.8, 4) is 0 Å². The second kappa shape index (κ2) is 5.29. The molecular formula is C16H20N2O4S. The molecule has 4 rings (SSSR count). The van der Waals surface area contributed by atoms with Crippen LogP contribution in [0.4, 0.5) is 0 Å². The fourth-order valence-electron chi connectivity index (χ4n) is 3.99. The first-order valence-electron chi connectivity index (χ1n) is 8.01. The summed E-state index contributed by atoms with van der Waals surface area (Å²) in [5, 5.41) is 0. The number of rotatable bonds is 3. The first-order valence-corrected chi connectivity index (χ1v) is 9.45. The smallest absolute Gasteiger partial charge is 0.303 e. The normalized spacial score (nSPS) is 30.2. The van der Waals surface area contributed by atoms with Gasteiger partial charge in [-0.2, -0.15) is 12.7 Å². The molecule has 3 aliphatic rings. The van der Waals surface area contributed by atoms with Crippen molar-refractivity contribution in [1.29, 1.82) is 0 Å². The molecule has 2 fully saturated rings. The monoisotopic (exact) mass is 336 g/mol. The van der Waals surface area contributed by atoms with Crippen molar-refractivity contribution >= 4 is 16.1 Å². The Morgan fingerprint density at radius 2 is 2.00 bits per heavy atom. The number of hydrogen-bond donors (Lipinski definition) is 1. The third-order valence-electron chi connectivity index (χ3n) is 5.33. The fourth-order valence-corrected chi connectivity index (χ4v) is 5.14. The molecule has 7 heteroatoms. The topological polar surface area (TPSA) is 75.7 Å². The van der Waals surface area contributed by atoms with Gasteiger partial charge in [0, 0.05) is 24.4 Å². The Morgan fingerprint density at radius 3 is 2.78 bits per heavy atom. The van der Waals surface area contributed by atoms with E-state index in [2.05, 4.69) is 16.9 Å². The van der Waals surface area contributed by atoms with E-state index in [9.17, 15) is 13.2 Å².